The van der Waals surface area contributed by atoms with Gasteiger partial charge in [-0.1, -0.05) is 12.8 Å². The van der Waals surface area contributed by atoms with E-state index < -0.39 is 0 Å². The van der Waals surface area contributed by atoms with Crippen LogP contribution in [-0.2, 0) is 4.79 Å². The quantitative estimate of drug-likeness (QED) is 0.769. The zero-order valence-electron chi connectivity index (χ0n) is 9.86. The molecule has 16 heavy (non-hydrogen) atoms. The van der Waals surface area contributed by atoms with Crippen molar-refractivity contribution in [1.29, 1.82) is 0 Å². The first kappa shape index (κ1) is 13.8. The Morgan fingerprint density at radius 1 is 1.06 bits per heavy atom. The lowest BCUT2D eigenvalue weighted by atomic mass is 10.1. The second-order valence-corrected chi connectivity index (χ2v) is 5.01. The van der Waals surface area contributed by atoms with Gasteiger partial charge in [0.15, 0.2) is 0 Å². The third-order valence-corrected chi connectivity index (χ3v) is 3.74. The highest BCUT2D eigenvalue weighted by atomic mass is 35.5. The van der Waals surface area contributed by atoms with Gasteiger partial charge >= 0.3 is 0 Å². The molecular weight excluding hydrogens is 224 g/mol. The van der Waals surface area contributed by atoms with Crippen LogP contribution < -0.4 is 5.73 Å². The van der Waals surface area contributed by atoms with Crippen molar-refractivity contribution in [3.8, 4) is 0 Å². The number of likely N-dealkylation sites (tertiary alicyclic amines) is 1. The first-order valence-electron chi connectivity index (χ1n) is 6.32. The Kier molecular flexibility index (Phi) is 5.56. The molecule has 2 N–H and O–H groups in total. The zero-order chi connectivity index (χ0) is 10.7. The minimum absolute atomic E-state index is 0. The Labute approximate surface area is 104 Å². The molecule has 2 unspecified atom stereocenters. The maximum Gasteiger partial charge on any atom is 0.225 e. The van der Waals surface area contributed by atoms with E-state index in [1.807, 2.05) is 0 Å². The van der Waals surface area contributed by atoms with Crippen molar-refractivity contribution in [2.75, 3.05) is 13.1 Å². The normalized spacial score (nSPS) is 30.7. The van der Waals surface area contributed by atoms with Gasteiger partial charge in [-0.05, 0) is 32.1 Å². The number of nitrogens with two attached hydrogens (primary N) is 1. The predicted molar refractivity (Wildman–Crippen MR) is 67.6 cm³/mol. The molecule has 2 atom stereocenters. The van der Waals surface area contributed by atoms with Crippen LogP contribution in [-0.4, -0.2) is 29.9 Å². The highest BCUT2D eigenvalue weighted by Crippen LogP contribution is 2.26. The number of amides is 1. The molecule has 1 aliphatic heterocycles. The molecule has 0 radical (unpaired) electrons. The number of hydrogen-bond donors (Lipinski definition) is 1. The summed E-state index contributed by atoms with van der Waals surface area (Å²) >= 11 is 0. The van der Waals surface area contributed by atoms with Crippen molar-refractivity contribution < 1.29 is 4.79 Å². The Morgan fingerprint density at radius 2 is 1.69 bits per heavy atom. The smallest absolute Gasteiger partial charge is 0.225 e. The van der Waals surface area contributed by atoms with Crippen molar-refractivity contribution in [3.63, 3.8) is 0 Å². The highest BCUT2D eigenvalue weighted by molar-refractivity contribution is 5.85. The molecule has 1 aliphatic carbocycles. The minimum atomic E-state index is 0. The van der Waals surface area contributed by atoms with Gasteiger partial charge in [0, 0.05) is 25.0 Å². The maximum atomic E-state index is 12.2. The van der Waals surface area contributed by atoms with E-state index in [2.05, 4.69) is 4.90 Å². The van der Waals surface area contributed by atoms with Crippen LogP contribution >= 0.6 is 12.4 Å². The van der Waals surface area contributed by atoms with Crippen molar-refractivity contribution in [1.82, 2.24) is 4.90 Å². The van der Waals surface area contributed by atoms with E-state index >= 15 is 0 Å². The number of rotatable bonds is 1. The fraction of sp³-hybridized carbons (Fsp3) is 0.917. The molecule has 1 amide bonds. The van der Waals surface area contributed by atoms with Crippen LogP contribution in [0.15, 0.2) is 0 Å². The molecular formula is C12H23ClN2O. The number of nitrogens with zero attached hydrogens (tertiary/aromatic N) is 1. The summed E-state index contributed by atoms with van der Waals surface area (Å²) in [7, 11) is 0. The van der Waals surface area contributed by atoms with E-state index in [9.17, 15) is 4.79 Å². The van der Waals surface area contributed by atoms with Gasteiger partial charge in [0.25, 0.3) is 0 Å². The first-order valence-corrected chi connectivity index (χ1v) is 6.32. The number of carbonyl (C=O) groups excluding carboxylic acids is 1. The third-order valence-electron chi connectivity index (χ3n) is 3.74. The summed E-state index contributed by atoms with van der Waals surface area (Å²) in [6.07, 6.45) is 7.90. The molecule has 1 saturated carbocycles. The molecule has 0 aromatic carbocycles. The summed E-state index contributed by atoms with van der Waals surface area (Å²) in [5, 5.41) is 0. The van der Waals surface area contributed by atoms with Gasteiger partial charge < -0.3 is 10.6 Å². The van der Waals surface area contributed by atoms with Crippen molar-refractivity contribution in [3.05, 3.63) is 0 Å². The predicted octanol–water partition coefficient (Wildman–Crippen LogP) is 1.94. The molecule has 0 aromatic heterocycles. The van der Waals surface area contributed by atoms with Crippen LogP contribution in [0.4, 0.5) is 0 Å². The second-order valence-electron chi connectivity index (χ2n) is 5.01. The zero-order valence-corrected chi connectivity index (χ0v) is 10.7. The Hall–Kier alpha value is -0.280. The summed E-state index contributed by atoms with van der Waals surface area (Å²) in [6.45, 7) is 1.95. The van der Waals surface area contributed by atoms with Crippen LogP contribution in [0.3, 0.4) is 0 Å². The average molecular weight is 247 g/mol. The maximum absolute atomic E-state index is 12.2. The van der Waals surface area contributed by atoms with Crippen molar-refractivity contribution >= 4 is 18.3 Å². The summed E-state index contributed by atoms with van der Waals surface area (Å²) < 4.78 is 0. The fourth-order valence-electron chi connectivity index (χ4n) is 2.79. The SMILES string of the molecule is Cl.NC1CCC(C(=O)N2CCCCCC2)C1. The molecule has 3 nitrogen and oxygen atoms in total. The molecule has 2 aliphatic rings. The van der Waals surface area contributed by atoms with Gasteiger partial charge in [-0.15, -0.1) is 12.4 Å². The van der Waals surface area contributed by atoms with Crippen LogP contribution in [0.5, 0.6) is 0 Å². The number of carbonyl (C=O) groups is 1. The number of halogens is 1. The van der Waals surface area contributed by atoms with Crippen LogP contribution in [0.25, 0.3) is 0 Å². The van der Waals surface area contributed by atoms with Crippen LogP contribution in [0.2, 0.25) is 0 Å². The minimum Gasteiger partial charge on any atom is -0.342 e. The summed E-state index contributed by atoms with van der Waals surface area (Å²) in [4.78, 5) is 14.2. The highest BCUT2D eigenvalue weighted by Gasteiger charge is 2.30. The lowest BCUT2D eigenvalue weighted by Gasteiger charge is -2.23. The third kappa shape index (κ3) is 3.36. The average Bonchev–Trinajstić information content (AvgIpc) is 2.53. The molecule has 2 rings (SSSR count). The van der Waals surface area contributed by atoms with Gasteiger partial charge in [0.1, 0.15) is 0 Å². The van der Waals surface area contributed by atoms with Crippen molar-refractivity contribution in [2.45, 2.75) is 51.0 Å². The van der Waals surface area contributed by atoms with Gasteiger partial charge in [0.2, 0.25) is 5.91 Å². The molecule has 0 aromatic rings. The molecule has 2 fully saturated rings. The summed E-state index contributed by atoms with van der Waals surface area (Å²) in [6, 6.07) is 0.269. The molecule has 1 heterocycles. The van der Waals surface area contributed by atoms with Gasteiger partial charge in [-0.25, -0.2) is 0 Å². The monoisotopic (exact) mass is 246 g/mol. The standard InChI is InChI=1S/C12H22N2O.ClH/c13-11-6-5-10(9-11)12(15)14-7-3-1-2-4-8-14;/h10-11H,1-9,13H2;1H. The van der Waals surface area contributed by atoms with E-state index in [1.165, 1.54) is 25.7 Å². The van der Waals surface area contributed by atoms with E-state index in [0.29, 0.717) is 5.91 Å². The summed E-state index contributed by atoms with van der Waals surface area (Å²) in [5.74, 6) is 0.614. The van der Waals surface area contributed by atoms with Crippen LogP contribution in [0, 0.1) is 5.92 Å². The lowest BCUT2D eigenvalue weighted by molar-refractivity contribution is -0.135. The van der Waals surface area contributed by atoms with E-state index in [1.54, 1.807) is 0 Å². The first-order chi connectivity index (χ1) is 7.27. The Balaban J connectivity index is 0.00000128. The van der Waals surface area contributed by atoms with E-state index in [-0.39, 0.29) is 24.4 Å². The number of hydrogen-bond acceptors (Lipinski definition) is 2. The lowest BCUT2D eigenvalue weighted by Crippen LogP contribution is -2.36. The molecule has 1 saturated heterocycles. The van der Waals surface area contributed by atoms with Gasteiger partial charge in [-0.2, -0.15) is 0 Å². The van der Waals surface area contributed by atoms with Gasteiger partial charge in [0.05, 0.1) is 0 Å². The van der Waals surface area contributed by atoms with Crippen molar-refractivity contribution in [2.24, 2.45) is 11.7 Å². The molecule has 94 valence electrons. The molecule has 4 heteroatoms. The van der Waals surface area contributed by atoms with Crippen LogP contribution in [0.1, 0.15) is 44.9 Å². The molecule has 0 bridgehead atoms. The van der Waals surface area contributed by atoms with Gasteiger partial charge in [-0.3, -0.25) is 4.79 Å². The largest absolute Gasteiger partial charge is 0.342 e. The second kappa shape index (κ2) is 6.45. The molecule has 0 spiro atoms. The van der Waals surface area contributed by atoms with E-state index in [4.69, 9.17) is 5.73 Å². The van der Waals surface area contributed by atoms with E-state index in [0.717, 1.165) is 32.4 Å². The summed E-state index contributed by atoms with van der Waals surface area (Å²) in [5.41, 5.74) is 5.85. The Morgan fingerprint density at radius 3 is 2.19 bits per heavy atom. The topological polar surface area (TPSA) is 46.3 Å². The fourth-order valence-corrected chi connectivity index (χ4v) is 2.79. The Bertz CT molecular complexity index is 227.